The summed E-state index contributed by atoms with van der Waals surface area (Å²) in [6.07, 6.45) is 0. The molecule has 10 rings (SSSR count). The van der Waals surface area contributed by atoms with Crippen LogP contribution in [0.25, 0.3) is 99.7 Å². The van der Waals surface area contributed by atoms with Gasteiger partial charge in [-0.15, -0.1) is 10.2 Å². The lowest BCUT2D eigenvalue weighted by molar-refractivity contribution is 0.585. The third-order valence-corrected chi connectivity index (χ3v) is 10.1. The summed E-state index contributed by atoms with van der Waals surface area (Å²) in [6.45, 7) is 0. The molecule has 1 aromatic heterocycles. The van der Waals surface area contributed by atoms with E-state index in [0.29, 0.717) is 11.8 Å². The summed E-state index contributed by atoms with van der Waals surface area (Å²) in [4.78, 5) is 0. The van der Waals surface area contributed by atoms with E-state index in [2.05, 4.69) is 162 Å². The van der Waals surface area contributed by atoms with E-state index < -0.39 is 0 Å². The molecule has 1 heterocycles. The van der Waals surface area contributed by atoms with E-state index in [9.17, 15) is 0 Å². The van der Waals surface area contributed by atoms with Crippen LogP contribution in [-0.4, -0.2) is 10.2 Å². The maximum atomic E-state index is 6.43. The second-order valence-corrected chi connectivity index (χ2v) is 13.0. The number of benzene rings is 9. The van der Waals surface area contributed by atoms with E-state index in [1.165, 1.54) is 60.3 Å². The Morgan fingerprint density at radius 3 is 1.33 bits per heavy atom. The maximum Gasteiger partial charge on any atom is 0.248 e. The van der Waals surface area contributed by atoms with Gasteiger partial charge in [-0.1, -0.05) is 164 Å². The Morgan fingerprint density at radius 2 is 0.725 bits per heavy atom. The molecule has 0 unspecified atom stereocenters. The minimum atomic E-state index is 0.505. The SMILES string of the molecule is c1ccc(-c2ccc(-c3ccc4ccc5c(-c6ccc(-c7ccccc7)cc6)cc(-c6nnc(-c7ccccc7)o6)c6ccc3c4c56)cc2)cc1. The van der Waals surface area contributed by atoms with Crippen LogP contribution in [0.5, 0.6) is 0 Å². The van der Waals surface area contributed by atoms with Crippen LogP contribution in [0.15, 0.2) is 186 Å². The highest BCUT2D eigenvalue weighted by Crippen LogP contribution is 2.46. The smallest absolute Gasteiger partial charge is 0.248 e. The molecule has 0 aliphatic heterocycles. The van der Waals surface area contributed by atoms with E-state index in [4.69, 9.17) is 4.42 Å². The maximum absolute atomic E-state index is 6.43. The van der Waals surface area contributed by atoms with Gasteiger partial charge in [-0.2, -0.15) is 0 Å². The van der Waals surface area contributed by atoms with Crippen LogP contribution in [0.1, 0.15) is 0 Å². The first kappa shape index (κ1) is 29.1. The Morgan fingerprint density at radius 1 is 0.294 bits per heavy atom. The quantitative estimate of drug-likeness (QED) is 0.168. The molecule has 3 heteroatoms. The molecule has 0 saturated heterocycles. The number of hydrogen-bond acceptors (Lipinski definition) is 3. The molecular weight excluding hydrogens is 621 g/mol. The van der Waals surface area contributed by atoms with Crippen molar-refractivity contribution in [2.45, 2.75) is 0 Å². The first-order valence-electron chi connectivity index (χ1n) is 17.2. The van der Waals surface area contributed by atoms with E-state index in [-0.39, 0.29) is 0 Å². The van der Waals surface area contributed by atoms with E-state index in [1.54, 1.807) is 0 Å². The largest absolute Gasteiger partial charge is 0.416 e. The van der Waals surface area contributed by atoms with Gasteiger partial charge in [0.15, 0.2) is 0 Å². The van der Waals surface area contributed by atoms with Gasteiger partial charge in [-0.25, -0.2) is 0 Å². The Bertz CT molecular complexity index is 2800. The molecule has 0 saturated carbocycles. The van der Waals surface area contributed by atoms with Gasteiger partial charge < -0.3 is 4.42 Å². The monoisotopic (exact) mass is 650 g/mol. The lowest BCUT2D eigenvalue weighted by Gasteiger charge is -2.18. The summed E-state index contributed by atoms with van der Waals surface area (Å²) < 4.78 is 6.43. The third kappa shape index (κ3) is 4.98. The van der Waals surface area contributed by atoms with Gasteiger partial charge in [0, 0.05) is 11.1 Å². The molecule has 0 aliphatic rings. The van der Waals surface area contributed by atoms with E-state index in [1.807, 2.05) is 30.3 Å². The highest BCUT2D eigenvalue weighted by atomic mass is 16.4. The lowest BCUT2D eigenvalue weighted by Crippen LogP contribution is -1.92. The average Bonchev–Trinajstić information content (AvgIpc) is 3.71. The zero-order valence-corrected chi connectivity index (χ0v) is 27.6. The summed E-state index contributed by atoms with van der Waals surface area (Å²) in [5, 5.41) is 16.2. The van der Waals surface area contributed by atoms with Crippen LogP contribution in [0.2, 0.25) is 0 Å². The Hall–Kier alpha value is -6.84. The number of rotatable bonds is 6. The predicted octanol–water partition coefficient (Wildman–Crippen LogP) is 13.0. The van der Waals surface area contributed by atoms with Crippen molar-refractivity contribution in [3.05, 3.63) is 182 Å². The summed E-state index contributed by atoms with van der Waals surface area (Å²) in [7, 11) is 0. The van der Waals surface area contributed by atoms with Crippen LogP contribution in [-0.2, 0) is 0 Å². The van der Waals surface area contributed by atoms with Crippen LogP contribution in [0.4, 0.5) is 0 Å². The molecule has 0 amide bonds. The van der Waals surface area contributed by atoms with Crippen molar-refractivity contribution in [2.24, 2.45) is 0 Å². The van der Waals surface area contributed by atoms with Gasteiger partial charge in [0.1, 0.15) is 0 Å². The van der Waals surface area contributed by atoms with Crippen molar-refractivity contribution in [3.8, 4) is 67.4 Å². The summed E-state index contributed by atoms with van der Waals surface area (Å²) in [5.41, 5.74) is 11.3. The topological polar surface area (TPSA) is 38.9 Å². The molecule has 0 atom stereocenters. The van der Waals surface area contributed by atoms with Gasteiger partial charge in [-0.3, -0.25) is 0 Å². The van der Waals surface area contributed by atoms with Gasteiger partial charge in [0.25, 0.3) is 0 Å². The molecule has 0 fully saturated rings. The van der Waals surface area contributed by atoms with E-state index in [0.717, 1.165) is 27.6 Å². The summed E-state index contributed by atoms with van der Waals surface area (Å²) in [5.74, 6) is 1.01. The van der Waals surface area contributed by atoms with Crippen LogP contribution >= 0.6 is 0 Å². The minimum absolute atomic E-state index is 0.505. The molecule has 0 N–H and O–H groups in total. The van der Waals surface area contributed by atoms with E-state index >= 15 is 0 Å². The highest BCUT2D eigenvalue weighted by Gasteiger charge is 2.21. The fourth-order valence-corrected chi connectivity index (χ4v) is 7.54. The standard InChI is InChI=1S/C48H30N2O/c1-4-10-31(11-5-1)33-16-20-35(21-17-33)39-26-24-37-25-27-41-43(36-22-18-34(19-23-36)32-12-6-2-7-13-32)30-44(42-29-28-40(39)45(37)46(41)42)48-50-49-47(51-48)38-14-8-3-9-15-38/h1-30H. The molecular formula is C48H30N2O. The predicted molar refractivity (Wildman–Crippen MR) is 211 cm³/mol. The van der Waals surface area contributed by atoms with Gasteiger partial charge in [0.05, 0.1) is 0 Å². The van der Waals surface area contributed by atoms with Crippen molar-refractivity contribution in [1.82, 2.24) is 10.2 Å². The Kier molecular flexibility index (Phi) is 6.81. The summed E-state index contributed by atoms with van der Waals surface area (Å²) in [6, 6.07) is 64.5. The minimum Gasteiger partial charge on any atom is -0.416 e. The molecule has 51 heavy (non-hydrogen) atoms. The Labute approximate surface area is 295 Å². The molecule has 0 spiro atoms. The molecule has 238 valence electrons. The van der Waals surface area contributed by atoms with Crippen molar-refractivity contribution in [2.75, 3.05) is 0 Å². The van der Waals surface area contributed by atoms with Crippen LogP contribution in [0, 0.1) is 0 Å². The average molecular weight is 651 g/mol. The van der Waals surface area contributed by atoms with Gasteiger partial charge in [-0.05, 0) is 95.0 Å². The van der Waals surface area contributed by atoms with Gasteiger partial charge >= 0.3 is 0 Å². The number of nitrogens with zero attached hydrogens (tertiary/aromatic N) is 2. The highest BCUT2D eigenvalue weighted by molar-refractivity contribution is 6.29. The number of aromatic nitrogens is 2. The number of hydrogen-bond donors (Lipinski definition) is 0. The van der Waals surface area contributed by atoms with Crippen molar-refractivity contribution >= 4 is 32.3 Å². The first-order chi connectivity index (χ1) is 25.3. The normalized spacial score (nSPS) is 11.5. The zero-order chi connectivity index (χ0) is 33.7. The third-order valence-electron chi connectivity index (χ3n) is 10.1. The van der Waals surface area contributed by atoms with Crippen LogP contribution < -0.4 is 0 Å². The molecule has 0 bridgehead atoms. The molecule has 0 radical (unpaired) electrons. The Balaban J connectivity index is 1.19. The molecule has 9 aromatic carbocycles. The zero-order valence-electron chi connectivity index (χ0n) is 27.6. The fourth-order valence-electron chi connectivity index (χ4n) is 7.54. The summed E-state index contributed by atoms with van der Waals surface area (Å²) >= 11 is 0. The molecule has 0 aliphatic carbocycles. The molecule has 3 nitrogen and oxygen atoms in total. The van der Waals surface area contributed by atoms with Gasteiger partial charge in [0.2, 0.25) is 11.8 Å². The lowest BCUT2D eigenvalue weighted by atomic mass is 9.85. The second kappa shape index (κ2) is 11.9. The van der Waals surface area contributed by atoms with Crippen molar-refractivity contribution < 1.29 is 4.42 Å². The van der Waals surface area contributed by atoms with Crippen molar-refractivity contribution in [1.29, 1.82) is 0 Å². The van der Waals surface area contributed by atoms with Crippen molar-refractivity contribution in [3.63, 3.8) is 0 Å². The fraction of sp³-hybridized carbons (Fsp3) is 0. The first-order valence-corrected chi connectivity index (χ1v) is 17.2. The second-order valence-electron chi connectivity index (χ2n) is 13.0. The molecule has 10 aromatic rings. The van der Waals surface area contributed by atoms with Crippen LogP contribution in [0.3, 0.4) is 0 Å².